The summed E-state index contributed by atoms with van der Waals surface area (Å²) in [5.41, 5.74) is 0. The predicted octanol–water partition coefficient (Wildman–Crippen LogP) is 1.73. The number of amides is 1. The van der Waals surface area contributed by atoms with Crippen molar-refractivity contribution in [3.8, 4) is 0 Å². The lowest BCUT2D eigenvalue weighted by molar-refractivity contribution is -0.134. The molecule has 0 rings (SSSR count). The van der Waals surface area contributed by atoms with Gasteiger partial charge in [0.25, 0.3) is 0 Å². The van der Waals surface area contributed by atoms with E-state index in [0.29, 0.717) is 5.88 Å². The molecule has 11 heavy (non-hydrogen) atoms. The van der Waals surface area contributed by atoms with Gasteiger partial charge < -0.3 is 4.90 Å². The summed E-state index contributed by atoms with van der Waals surface area (Å²) in [4.78, 5) is 13.0. The van der Waals surface area contributed by atoms with Crippen LogP contribution in [-0.2, 0) is 4.79 Å². The monoisotopic (exact) mass is 177 g/mol. The molecule has 0 aliphatic heterocycles. The molecule has 0 N–H and O–H groups in total. The quantitative estimate of drug-likeness (QED) is 0.602. The fourth-order valence-corrected chi connectivity index (χ4v) is 0.935. The second-order valence-electron chi connectivity index (χ2n) is 3.11. The number of carbonyl (C=O) groups is 1. The van der Waals surface area contributed by atoms with Gasteiger partial charge in [0.15, 0.2) is 0 Å². The van der Waals surface area contributed by atoms with Crippen LogP contribution in [0.3, 0.4) is 0 Å². The molecule has 0 aromatic carbocycles. The van der Waals surface area contributed by atoms with Crippen molar-refractivity contribution in [1.82, 2.24) is 4.90 Å². The molecule has 0 fully saturated rings. The van der Waals surface area contributed by atoms with Crippen molar-refractivity contribution in [3.63, 3.8) is 0 Å². The SMILES string of the molecule is CC(C)C(=O)N(C)C(C)CCl. The molecule has 0 bridgehead atoms. The van der Waals surface area contributed by atoms with Crippen molar-refractivity contribution in [3.05, 3.63) is 0 Å². The van der Waals surface area contributed by atoms with Crippen LogP contribution < -0.4 is 0 Å². The number of nitrogens with zero attached hydrogens (tertiary/aromatic N) is 1. The van der Waals surface area contributed by atoms with Crippen LogP contribution >= 0.6 is 11.6 Å². The first-order chi connectivity index (χ1) is 5.00. The van der Waals surface area contributed by atoms with Crippen LogP contribution in [0.25, 0.3) is 0 Å². The molecular weight excluding hydrogens is 162 g/mol. The minimum atomic E-state index is 0.0608. The Balaban J connectivity index is 4.02. The third kappa shape index (κ3) is 3.10. The number of alkyl halides is 1. The summed E-state index contributed by atoms with van der Waals surface area (Å²) in [5, 5.41) is 0. The van der Waals surface area contributed by atoms with E-state index in [1.54, 1.807) is 11.9 Å². The van der Waals surface area contributed by atoms with Crippen LogP contribution in [0.1, 0.15) is 20.8 Å². The number of rotatable bonds is 3. The van der Waals surface area contributed by atoms with E-state index in [-0.39, 0.29) is 17.9 Å². The van der Waals surface area contributed by atoms with E-state index in [4.69, 9.17) is 11.6 Å². The van der Waals surface area contributed by atoms with Crippen LogP contribution in [0.15, 0.2) is 0 Å². The normalized spacial score (nSPS) is 13.3. The topological polar surface area (TPSA) is 20.3 Å². The molecule has 1 amide bonds. The molecule has 0 saturated carbocycles. The summed E-state index contributed by atoms with van der Waals surface area (Å²) in [5.74, 6) is 0.707. The van der Waals surface area contributed by atoms with Crippen molar-refractivity contribution < 1.29 is 4.79 Å². The summed E-state index contributed by atoms with van der Waals surface area (Å²) in [6, 6.07) is 0.131. The summed E-state index contributed by atoms with van der Waals surface area (Å²) >= 11 is 5.60. The fourth-order valence-electron chi connectivity index (χ4n) is 0.728. The molecule has 0 aliphatic carbocycles. The van der Waals surface area contributed by atoms with Gasteiger partial charge in [0, 0.05) is 24.9 Å². The molecule has 66 valence electrons. The number of hydrogen-bond acceptors (Lipinski definition) is 1. The van der Waals surface area contributed by atoms with E-state index in [2.05, 4.69) is 0 Å². The molecule has 2 nitrogen and oxygen atoms in total. The van der Waals surface area contributed by atoms with Gasteiger partial charge in [-0.15, -0.1) is 11.6 Å². The van der Waals surface area contributed by atoms with Crippen LogP contribution in [-0.4, -0.2) is 29.8 Å². The lowest BCUT2D eigenvalue weighted by atomic mass is 10.2. The van der Waals surface area contributed by atoms with Crippen LogP contribution in [0.2, 0.25) is 0 Å². The highest BCUT2D eigenvalue weighted by Crippen LogP contribution is 2.04. The first-order valence-corrected chi connectivity index (χ1v) is 4.36. The van der Waals surface area contributed by atoms with Gasteiger partial charge >= 0.3 is 0 Å². The number of carbonyl (C=O) groups excluding carboxylic acids is 1. The molecule has 0 radical (unpaired) electrons. The second kappa shape index (κ2) is 4.60. The Morgan fingerprint density at radius 1 is 1.45 bits per heavy atom. The maximum atomic E-state index is 11.3. The molecule has 0 aliphatic rings. The van der Waals surface area contributed by atoms with Gasteiger partial charge in [-0.05, 0) is 6.92 Å². The van der Waals surface area contributed by atoms with Crippen LogP contribution in [0.5, 0.6) is 0 Å². The molecule has 1 unspecified atom stereocenters. The van der Waals surface area contributed by atoms with E-state index in [1.165, 1.54) is 0 Å². The standard InChI is InChI=1S/C8H16ClNO/c1-6(2)8(11)10(4)7(3)5-9/h6-7H,5H2,1-4H3. The van der Waals surface area contributed by atoms with Crippen molar-refractivity contribution in [2.24, 2.45) is 5.92 Å². The molecule has 3 heteroatoms. The van der Waals surface area contributed by atoms with Crippen LogP contribution in [0, 0.1) is 5.92 Å². The van der Waals surface area contributed by atoms with Gasteiger partial charge in [-0.1, -0.05) is 13.8 Å². The van der Waals surface area contributed by atoms with Crippen molar-refractivity contribution in [1.29, 1.82) is 0 Å². The van der Waals surface area contributed by atoms with Gasteiger partial charge in [0.1, 0.15) is 0 Å². The third-order valence-corrected chi connectivity index (χ3v) is 2.17. The number of halogens is 1. The molecule has 0 aromatic rings. The zero-order valence-corrected chi connectivity index (χ0v) is 8.35. The average molecular weight is 178 g/mol. The van der Waals surface area contributed by atoms with E-state index in [9.17, 15) is 4.79 Å². The first-order valence-electron chi connectivity index (χ1n) is 3.83. The van der Waals surface area contributed by atoms with E-state index in [1.807, 2.05) is 20.8 Å². The fraction of sp³-hybridized carbons (Fsp3) is 0.875. The molecule has 0 aromatic heterocycles. The Morgan fingerprint density at radius 3 is 2.18 bits per heavy atom. The predicted molar refractivity (Wildman–Crippen MR) is 47.8 cm³/mol. The average Bonchev–Trinajstić information content (AvgIpc) is 2.00. The van der Waals surface area contributed by atoms with E-state index >= 15 is 0 Å². The maximum Gasteiger partial charge on any atom is 0.225 e. The Labute approximate surface area is 73.5 Å². The third-order valence-electron chi connectivity index (χ3n) is 1.73. The lowest BCUT2D eigenvalue weighted by Crippen LogP contribution is -2.38. The van der Waals surface area contributed by atoms with Gasteiger partial charge in [-0.3, -0.25) is 4.79 Å². The maximum absolute atomic E-state index is 11.3. The highest BCUT2D eigenvalue weighted by Gasteiger charge is 2.16. The molecule has 1 atom stereocenters. The van der Waals surface area contributed by atoms with E-state index in [0.717, 1.165) is 0 Å². The van der Waals surface area contributed by atoms with Gasteiger partial charge in [-0.2, -0.15) is 0 Å². The Hall–Kier alpha value is -0.240. The summed E-state index contributed by atoms with van der Waals surface area (Å²) in [6.07, 6.45) is 0. The van der Waals surface area contributed by atoms with Gasteiger partial charge in [-0.25, -0.2) is 0 Å². The Bertz CT molecular complexity index is 136. The van der Waals surface area contributed by atoms with Gasteiger partial charge in [0.2, 0.25) is 5.91 Å². The number of hydrogen-bond donors (Lipinski definition) is 0. The summed E-state index contributed by atoms with van der Waals surface area (Å²) < 4.78 is 0. The molecule has 0 spiro atoms. The Morgan fingerprint density at radius 2 is 1.91 bits per heavy atom. The first kappa shape index (κ1) is 10.8. The smallest absolute Gasteiger partial charge is 0.225 e. The minimum Gasteiger partial charge on any atom is -0.342 e. The lowest BCUT2D eigenvalue weighted by Gasteiger charge is -2.24. The van der Waals surface area contributed by atoms with Crippen molar-refractivity contribution in [2.75, 3.05) is 12.9 Å². The van der Waals surface area contributed by atoms with Gasteiger partial charge in [0.05, 0.1) is 0 Å². The summed E-state index contributed by atoms with van der Waals surface area (Å²) in [7, 11) is 1.79. The summed E-state index contributed by atoms with van der Waals surface area (Å²) in [6.45, 7) is 5.72. The molecule has 0 saturated heterocycles. The second-order valence-corrected chi connectivity index (χ2v) is 3.42. The van der Waals surface area contributed by atoms with Crippen molar-refractivity contribution in [2.45, 2.75) is 26.8 Å². The van der Waals surface area contributed by atoms with Crippen LogP contribution in [0.4, 0.5) is 0 Å². The molecule has 0 heterocycles. The Kier molecular flexibility index (Phi) is 4.50. The zero-order chi connectivity index (χ0) is 9.02. The largest absolute Gasteiger partial charge is 0.342 e. The highest BCUT2D eigenvalue weighted by atomic mass is 35.5. The zero-order valence-electron chi connectivity index (χ0n) is 7.60. The highest BCUT2D eigenvalue weighted by molar-refractivity contribution is 6.18. The molecular formula is C8H16ClNO. The minimum absolute atomic E-state index is 0.0608. The van der Waals surface area contributed by atoms with E-state index < -0.39 is 0 Å². The van der Waals surface area contributed by atoms with Crippen molar-refractivity contribution >= 4 is 17.5 Å².